The maximum atomic E-state index is 12.7. The van der Waals surface area contributed by atoms with Crippen molar-refractivity contribution >= 4 is 56.6 Å². The molecule has 2 aromatic carbocycles. The standard InChI is InChI=1S/C23H22N8O3S2/c1-14-26-27-23-30(14)28-21(36-23)15-5-8-17(9-6-15)24-22(35)25-20(32)16-7-10-18(19(13-16)31(33)34)29-11-3-2-4-12-29/h5-10,13H,2-4,11-12H2,1H3,(H2,24,25,32,35). The number of nitrogens with one attached hydrogen (secondary N) is 2. The highest BCUT2D eigenvalue weighted by Crippen LogP contribution is 2.31. The summed E-state index contributed by atoms with van der Waals surface area (Å²) in [6.07, 6.45) is 3.11. The molecule has 2 N–H and O–H groups in total. The number of aryl methyl sites for hydroxylation is 1. The van der Waals surface area contributed by atoms with Gasteiger partial charge in [0.15, 0.2) is 10.9 Å². The monoisotopic (exact) mass is 522 g/mol. The number of amides is 1. The van der Waals surface area contributed by atoms with Gasteiger partial charge in [-0.15, -0.1) is 10.2 Å². The quantitative estimate of drug-likeness (QED) is 0.225. The second-order valence-electron chi connectivity index (χ2n) is 8.34. The lowest BCUT2D eigenvalue weighted by Crippen LogP contribution is -2.34. The smallest absolute Gasteiger partial charge is 0.293 e. The fraction of sp³-hybridized carbons (Fsp3) is 0.261. The Hall–Kier alpha value is -3.97. The molecule has 0 aliphatic carbocycles. The van der Waals surface area contributed by atoms with E-state index < -0.39 is 10.8 Å². The van der Waals surface area contributed by atoms with Crippen molar-refractivity contribution in [2.24, 2.45) is 0 Å². The minimum atomic E-state index is -0.521. The highest BCUT2D eigenvalue weighted by atomic mass is 32.1. The maximum Gasteiger partial charge on any atom is 0.293 e. The van der Waals surface area contributed by atoms with Gasteiger partial charge in [-0.05, 0) is 74.8 Å². The number of benzene rings is 2. The van der Waals surface area contributed by atoms with Crippen molar-refractivity contribution < 1.29 is 9.72 Å². The first-order chi connectivity index (χ1) is 17.4. The van der Waals surface area contributed by atoms with Gasteiger partial charge < -0.3 is 10.2 Å². The molecule has 2 aromatic heterocycles. The Bertz CT molecular complexity index is 1460. The number of nitro benzene ring substituents is 1. The summed E-state index contributed by atoms with van der Waals surface area (Å²) in [4.78, 5) is 26.7. The molecule has 0 bridgehead atoms. The van der Waals surface area contributed by atoms with Crippen LogP contribution in [0.1, 0.15) is 35.4 Å². The molecule has 1 saturated heterocycles. The second-order valence-corrected chi connectivity index (χ2v) is 9.71. The number of nitro groups is 1. The van der Waals surface area contributed by atoms with Crippen molar-refractivity contribution in [3.63, 3.8) is 0 Å². The van der Waals surface area contributed by atoms with E-state index in [0.29, 0.717) is 11.4 Å². The zero-order valence-electron chi connectivity index (χ0n) is 19.3. The highest BCUT2D eigenvalue weighted by molar-refractivity contribution is 7.80. The van der Waals surface area contributed by atoms with Gasteiger partial charge in [-0.3, -0.25) is 20.2 Å². The summed E-state index contributed by atoms with van der Waals surface area (Å²) < 4.78 is 1.69. The van der Waals surface area contributed by atoms with Crippen LogP contribution in [-0.2, 0) is 0 Å². The number of nitrogens with zero attached hydrogens (tertiary/aromatic N) is 6. The Morgan fingerprint density at radius 2 is 1.86 bits per heavy atom. The molecule has 0 atom stereocenters. The number of fused-ring (bicyclic) bond motifs is 1. The normalized spacial score (nSPS) is 13.5. The number of piperidine rings is 1. The minimum Gasteiger partial charge on any atom is -0.366 e. The largest absolute Gasteiger partial charge is 0.366 e. The Labute approximate surface area is 215 Å². The third kappa shape index (κ3) is 4.88. The van der Waals surface area contributed by atoms with Gasteiger partial charge in [0.05, 0.1) is 4.92 Å². The van der Waals surface area contributed by atoms with Crippen molar-refractivity contribution in [3.8, 4) is 10.6 Å². The number of carbonyl (C=O) groups excluding carboxylic acids is 1. The zero-order chi connectivity index (χ0) is 25.2. The van der Waals surface area contributed by atoms with Crippen molar-refractivity contribution in [2.45, 2.75) is 26.2 Å². The van der Waals surface area contributed by atoms with E-state index in [1.165, 1.54) is 17.4 Å². The summed E-state index contributed by atoms with van der Waals surface area (Å²) in [5, 5.41) is 30.7. The molecule has 4 aromatic rings. The van der Waals surface area contributed by atoms with Gasteiger partial charge in [0.1, 0.15) is 10.7 Å². The number of rotatable bonds is 5. The van der Waals surface area contributed by atoms with Gasteiger partial charge in [0.25, 0.3) is 11.6 Å². The van der Waals surface area contributed by atoms with Gasteiger partial charge in [-0.1, -0.05) is 11.3 Å². The molecule has 3 heterocycles. The predicted molar refractivity (Wildman–Crippen MR) is 142 cm³/mol. The number of thiocarbonyl (C=S) groups is 1. The van der Waals surface area contributed by atoms with Crippen molar-refractivity contribution in [1.29, 1.82) is 0 Å². The van der Waals surface area contributed by atoms with Gasteiger partial charge >= 0.3 is 0 Å². The van der Waals surface area contributed by atoms with E-state index in [9.17, 15) is 14.9 Å². The molecule has 5 rings (SSSR count). The summed E-state index contributed by atoms with van der Waals surface area (Å²) in [7, 11) is 0. The van der Waals surface area contributed by atoms with Crippen LogP contribution < -0.4 is 15.5 Å². The Morgan fingerprint density at radius 3 is 2.56 bits per heavy atom. The number of hydrogen-bond acceptors (Lipinski definition) is 9. The van der Waals surface area contributed by atoms with Crippen LogP contribution in [0.15, 0.2) is 42.5 Å². The fourth-order valence-electron chi connectivity index (χ4n) is 4.08. The average molecular weight is 523 g/mol. The van der Waals surface area contributed by atoms with Crippen LogP contribution in [0.5, 0.6) is 0 Å². The first kappa shape index (κ1) is 23.8. The molecule has 13 heteroatoms. The molecular weight excluding hydrogens is 500 g/mol. The third-order valence-electron chi connectivity index (χ3n) is 5.89. The van der Waals surface area contributed by atoms with Crippen molar-refractivity contribution in [2.75, 3.05) is 23.3 Å². The SMILES string of the molecule is Cc1nnc2sc(-c3ccc(NC(=S)NC(=O)c4ccc(N5CCCCC5)c([N+](=O)[O-])c4)cc3)nn12. The Balaban J connectivity index is 1.24. The van der Waals surface area contributed by atoms with Crippen molar-refractivity contribution in [3.05, 3.63) is 64.0 Å². The molecule has 0 radical (unpaired) electrons. The maximum absolute atomic E-state index is 12.7. The zero-order valence-corrected chi connectivity index (χ0v) is 20.9. The van der Waals surface area contributed by atoms with E-state index in [0.717, 1.165) is 53.7 Å². The van der Waals surface area contributed by atoms with E-state index in [2.05, 4.69) is 25.9 Å². The second kappa shape index (κ2) is 9.95. The minimum absolute atomic E-state index is 0.0837. The number of anilines is 2. The van der Waals surface area contributed by atoms with Crippen LogP contribution in [0, 0.1) is 17.0 Å². The van der Waals surface area contributed by atoms with E-state index in [4.69, 9.17) is 12.2 Å². The third-order valence-corrected chi connectivity index (χ3v) is 7.05. The molecule has 36 heavy (non-hydrogen) atoms. The molecule has 184 valence electrons. The lowest BCUT2D eigenvalue weighted by atomic mass is 10.1. The molecular formula is C23H22N8O3S2. The molecule has 1 aliphatic rings. The van der Waals surface area contributed by atoms with Gasteiger partial charge in [-0.2, -0.15) is 9.61 Å². The molecule has 1 fully saturated rings. The van der Waals surface area contributed by atoms with Crippen molar-refractivity contribution in [1.82, 2.24) is 25.1 Å². The molecule has 1 aliphatic heterocycles. The average Bonchev–Trinajstić information content (AvgIpc) is 3.46. The van der Waals surface area contributed by atoms with Gasteiger partial charge in [-0.25, -0.2) is 0 Å². The summed E-state index contributed by atoms with van der Waals surface area (Å²) >= 11 is 6.72. The summed E-state index contributed by atoms with van der Waals surface area (Å²) in [6, 6.07) is 11.9. The highest BCUT2D eigenvalue weighted by Gasteiger charge is 2.23. The lowest BCUT2D eigenvalue weighted by Gasteiger charge is -2.28. The molecule has 11 nitrogen and oxygen atoms in total. The Morgan fingerprint density at radius 1 is 1.11 bits per heavy atom. The van der Waals surface area contributed by atoms with Crippen LogP contribution in [-0.4, -0.2) is 48.8 Å². The number of carbonyl (C=O) groups is 1. The van der Waals surface area contributed by atoms with E-state index in [-0.39, 0.29) is 16.4 Å². The van der Waals surface area contributed by atoms with Crippen LogP contribution in [0.25, 0.3) is 15.5 Å². The molecule has 0 unspecified atom stereocenters. The first-order valence-corrected chi connectivity index (χ1v) is 12.6. The summed E-state index contributed by atoms with van der Waals surface area (Å²) in [5.41, 5.74) is 2.21. The predicted octanol–water partition coefficient (Wildman–Crippen LogP) is 4.19. The topological polar surface area (TPSA) is 131 Å². The van der Waals surface area contributed by atoms with Gasteiger partial charge in [0, 0.05) is 36.0 Å². The molecule has 0 saturated carbocycles. The molecule has 1 amide bonds. The first-order valence-electron chi connectivity index (χ1n) is 11.3. The van der Waals surface area contributed by atoms with E-state index >= 15 is 0 Å². The van der Waals surface area contributed by atoms with Crippen LogP contribution >= 0.6 is 23.6 Å². The van der Waals surface area contributed by atoms with Crippen LogP contribution in [0.4, 0.5) is 17.1 Å². The van der Waals surface area contributed by atoms with E-state index in [1.54, 1.807) is 16.6 Å². The Kier molecular flexibility index (Phi) is 6.57. The summed E-state index contributed by atoms with van der Waals surface area (Å²) in [5.74, 6) is 0.200. The van der Waals surface area contributed by atoms with Gasteiger partial charge in [0.2, 0.25) is 4.96 Å². The number of aromatic nitrogens is 4. The van der Waals surface area contributed by atoms with E-state index in [1.807, 2.05) is 36.1 Å². The lowest BCUT2D eigenvalue weighted by molar-refractivity contribution is -0.384. The summed E-state index contributed by atoms with van der Waals surface area (Å²) in [6.45, 7) is 3.38. The number of hydrogen-bond donors (Lipinski definition) is 2. The fourth-order valence-corrected chi connectivity index (χ4v) is 5.18. The van der Waals surface area contributed by atoms with Crippen LogP contribution in [0.3, 0.4) is 0 Å². The van der Waals surface area contributed by atoms with Crippen LogP contribution in [0.2, 0.25) is 0 Å². The molecule has 0 spiro atoms.